The molecule has 0 spiro atoms. The summed E-state index contributed by atoms with van der Waals surface area (Å²) in [4.78, 5) is 12.8. The number of sulfonamides is 2. The van der Waals surface area contributed by atoms with Crippen molar-refractivity contribution < 1.29 is 44.3 Å². The third-order valence-electron chi connectivity index (χ3n) is 6.21. The maximum absolute atomic E-state index is 13.6. The standard InChI is InChI=1S/C26H25ClF3N3O7S2/c1-39-24-10-8-20(41(35,36)32-11-13-40-14-12-32)16-22(24)31-25(34)17-33(42(37,38)19-5-3-2-4-6-19)23-15-18(26(28,29)30)7-9-21(23)27/h2-10,15-16H,11-14,17H2,1H3,(H,31,34). The van der Waals surface area contributed by atoms with Crippen LogP contribution in [-0.4, -0.2) is 67.0 Å². The topological polar surface area (TPSA) is 122 Å². The number of nitrogens with one attached hydrogen (secondary N) is 1. The number of halogens is 4. The highest BCUT2D eigenvalue weighted by molar-refractivity contribution is 7.93. The predicted molar refractivity (Wildman–Crippen MR) is 149 cm³/mol. The lowest BCUT2D eigenvalue weighted by atomic mass is 10.2. The Balaban J connectivity index is 1.72. The minimum atomic E-state index is -4.83. The van der Waals surface area contributed by atoms with Gasteiger partial charge in [0.15, 0.2) is 0 Å². The number of morpholine rings is 1. The molecule has 1 aliphatic rings. The van der Waals surface area contributed by atoms with Crippen molar-refractivity contribution in [1.82, 2.24) is 4.31 Å². The van der Waals surface area contributed by atoms with Crippen molar-refractivity contribution >= 4 is 48.9 Å². The summed E-state index contributed by atoms with van der Waals surface area (Å²) in [6.45, 7) is -0.340. The van der Waals surface area contributed by atoms with E-state index in [9.17, 15) is 34.8 Å². The van der Waals surface area contributed by atoms with Crippen molar-refractivity contribution in [2.75, 3.05) is 49.6 Å². The quantitative estimate of drug-likeness (QED) is 0.369. The molecule has 226 valence electrons. The molecule has 0 saturated carbocycles. The number of nitrogens with zero attached hydrogens (tertiary/aromatic N) is 2. The number of ether oxygens (including phenoxy) is 2. The van der Waals surface area contributed by atoms with Gasteiger partial charge < -0.3 is 14.8 Å². The molecule has 1 amide bonds. The molecular weight excluding hydrogens is 623 g/mol. The largest absolute Gasteiger partial charge is 0.495 e. The Morgan fingerprint density at radius 2 is 1.67 bits per heavy atom. The Labute approximate surface area is 245 Å². The Kier molecular flexibility index (Phi) is 9.37. The van der Waals surface area contributed by atoms with E-state index in [1.165, 1.54) is 53.9 Å². The molecule has 3 aromatic carbocycles. The van der Waals surface area contributed by atoms with Gasteiger partial charge in [-0.15, -0.1) is 0 Å². The Morgan fingerprint density at radius 3 is 2.29 bits per heavy atom. The molecular formula is C26H25ClF3N3O7S2. The Morgan fingerprint density at radius 1 is 1.00 bits per heavy atom. The first-order valence-electron chi connectivity index (χ1n) is 12.3. The third kappa shape index (κ3) is 6.81. The van der Waals surface area contributed by atoms with E-state index in [2.05, 4.69) is 5.32 Å². The summed E-state index contributed by atoms with van der Waals surface area (Å²) < 4.78 is 106. The normalized spacial score (nSPS) is 14.8. The number of anilines is 2. The number of carbonyl (C=O) groups is 1. The molecule has 0 atom stereocenters. The van der Waals surface area contributed by atoms with E-state index < -0.39 is 49.9 Å². The molecule has 1 heterocycles. The van der Waals surface area contributed by atoms with E-state index in [1.807, 2.05) is 0 Å². The van der Waals surface area contributed by atoms with Gasteiger partial charge in [0.2, 0.25) is 15.9 Å². The zero-order valence-electron chi connectivity index (χ0n) is 22.0. The number of carbonyl (C=O) groups excluding carboxylic acids is 1. The number of hydrogen-bond donors (Lipinski definition) is 1. The fraction of sp³-hybridized carbons (Fsp3) is 0.269. The van der Waals surface area contributed by atoms with Crippen LogP contribution in [0.4, 0.5) is 24.5 Å². The van der Waals surface area contributed by atoms with Crippen LogP contribution in [0.5, 0.6) is 5.75 Å². The fourth-order valence-electron chi connectivity index (χ4n) is 4.10. The van der Waals surface area contributed by atoms with Crippen molar-refractivity contribution in [1.29, 1.82) is 0 Å². The third-order valence-corrected chi connectivity index (χ3v) is 10.2. The second kappa shape index (κ2) is 12.5. The van der Waals surface area contributed by atoms with Crippen LogP contribution in [0.15, 0.2) is 76.5 Å². The fourth-order valence-corrected chi connectivity index (χ4v) is 7.26. The van der Waals surface area contributed by atoms with Gasteiger partial charge in [-0.05, 0) is 48.5 Å². The van der Waals surface area contributed by atoms with E-state index in [0.717, 1.165) is 12.1 Å². The van der Waals surface area contributed by atoms with E-state index in [4.69, 9.17) is 21.1 Å². The molecule has 1 aliphatic heterocycles. The van der Waals surface area contributed by atoms with Crippen molar-refractivity contribution in [3.63, 3.8) is 0 Å². The molecule has 1 saturated heterocycles. The second-order valence-corrected chi connectivity index (χ2v) is 13.1. The molecule has 0 bridgehead atoms. The average molecular weight is 648 g/mol. The summed E-state index contributed by atoms with van der Waals surface area (Å²) in [7, 11) is -7.32. The van der Waals surface area contributed by atoms with Crippen molar-refractivity contribution in [3.05, 3.63) is 77.3 Å². The number of benzene rings is 3. The molecule has 16 heteroatoms. The van der Waals surface area contributed by atoms with Crippen LogP contribution >= 0.6 is 11.6 Å². The van der Waals surface area contributed by atoms with Gasteiger partial charge in [0, 0.05) is 13.1 Å². The van der Waals surface area contributed by atoms with Crippen LogP contribution in [0, 0.1) is 0 Å². The summed E-state index contributed by atoms with van der Waals surface area (Å²) >= 11 is 6.17. The SMILES string of the molecule is COc1ccc(S(=O)(=O)N2CCOCC2)cc1NC(=O)CN(c1cc(C(F)(F)F)ccc1Cl)S(=O)(=O)c1ccccc1. The highest BCUT2D eigenvalue weighted by atomic mass is 35.5. The van der Waals surface area contributed by atoms with Crippen LogP contribution in [0.2, 0.25) is 5.02 Å². The lowest BCUT2D eigenvalue weighted by molar-refractivity contribution is -0.137. The molecule has 10 nitrogen and oxygen atoms in total. The van der Waals surface area contributed by atoms with E-state index >= 15 is 0 Å². The first kappa shape index (κ1) is 31.6. The molecule has 1 N–H and O–H groups in total. The van der Waals surface area contributed by atoms with Gasteiger partial charge in [-0.1, -0.05) is 29.8 Å². The maximum atomic E-state index is 13.6. The monoisotopic (exact) mass is 647 g/mol. The van der Waals surface area contributed by atoms with E-state index in [0.29, 0.717) is 16.4 Å². The summed E-state index contributed by atoms with van der Waals surface area (Å²) in [5.74, 6) is -0.957. The minimum absolute atomic E-state index is 0.0545. The molecule has 42 heavy (non-hydrogen) atoms. The number of methoxy groups -OCH3 is 1. The summed E-state index contributed by atoms with van der Waals surface area (Å²) in [5, 5.41) is 2.07. The van der Waals surface area contributed by atoms with Crippen molar-refractivity contribution in [2.24, 2.45) is 0 Å². The van der Waals surface area contributed by atoms with Gasteiger partial charge in [-0.3, -0.25) is 9.10 Å². The predicted octanol–water partition coefficient (Wildman–Crippen LogP) is 4.22. The van der Waals surface area contributed by atoms with Gasteiger partial charge in [-0.25, -0.2) is 16.8 Å². The number of amides is 1. The Bertz CT molecular complexity index is 1670. The zero-order valence-corrected chi connectivity index (χ0v) is 24.4. The second-order valence-electron chi connectivity index (χ2n) is 8.92. The van der Waals surface area contributed by atoms with E-state index in [-0.39, 0.29) is 52.6 Å². The molecule has 0 radical (unpaired) electrons. The smallest absolute Gasteiger partial charge is 0.416 e. The molecule has 0 aromatic heterocycles. The Hall–Kier alpha value is -3.37. The minimum Gasteiger partial charge on any atom is -0.495 e. The first-order valence-corrected chi connectivity index (χ1v) is 15.5. The lowest BCUT2D eigenvalue weighted by Crippen LogP contribution is -2.40. The van der Waals surface area contributed by atoms with Crippen molar-refractivity contribution in [3.8, 4) is 5.75 Å². The highest BCUT2D eigenvalue weighted by Gasteiger charge is 2.35. The van der Waals surface area contributed by atoms with Gasteiger partial charge >= 0.3 is 6.18 Å². The highest BCUT2D eigenvalue weighted by Crippen LogP contribution is 2.37. The number of alkyl halides is 3. The van der Waals surface area contributed by atoms with Gasteiger partial charge in [0.25, 0.3) is 10.0 Å². The lowest BCUT2D eigenvalue weighted by Gasteiger charge is -2.27. The van der Waals surface area contributed by atoms with Crippen LogP contribution in [0.3, 0.4) is 0 Å². The number of hydrogen-bond acceptors (Lipinski definition) is 7. The van der Waals surface area contributed by atoms with Crippen LogP contribution < -0.4 is 14.4 Å². The molecule has 0 aliphatic carbocycles. The summed E-state index contributed by atoms with van der Waals surface area (Å²) in [6.07, 6.45) is -4.83. The maximum Gasteiger partial charge on any atom is 0.416 e. The molecule has 3 aromatic rings. The van der Waals surface area contributed by atoms with Crippen LogP contribution in [-0.2, 0) is 35.8 Å². The number of rotatable bonds is 9. The van der Waals surface area contributed by atoms with Gasteiger partial charge in [0.05, 0.1) is 52.1 Å². The summed E-state index contributed by atoms with van der Waals surface area (Å²) in [5.41, 5.74) is -1.87. The van der Waals surface area contributed by atoms with Gasteiger partial charge in [0.1, 0.15) is 12.3 Å². The van der Waals surface area contributed by atoms with Gasteiger partial charge in [-0.2, -0.15) is 17.5 Å². The summed E-state index contributed by atoms with van der Waals surface area (Å²) in [6, 6.07) is 12.6. The molecule has 1 fully saturated rings. The van der Waals surface area contributed by atoms with Crippen LogP contribution in [0.25, 0.3) is 0 Å². The zero-order chi connectivity index (χ0) is 30.7. The van der Waals surface area contributed by atoms with Crippen LogP contribution in [0.1, 0.15) is 5.56 Å². The van der Waals surface area contributed by atoms with E-state index in [1.54, 1.807) is 0 Å². The van der Waals surface area contributed by atoms with Crippen molar-refractivity contribution in [2.45, 2.75) is 16.0 Å². The molecule has 4 rings (SSSR count). The molecule has 0 unspecified atom stereocenters. The first-order chi connectivity index (χ1) is 19.7. The average Bonchev–Trinajstić information content (AvgIpc) is 2.96.